The molecule has 3 rings (SSSR count). The van der Waals surface area contributed by atoms with E-state index in [-0.39, 0.29) is 0 Å². The molecule has 1 aliphatic carbocycles. The van der Waals surface area contributed by atoms with Crippen LogP contribution in [0.3, 0.4) is 0 Å². The monoisotopic (exact) mass is 505 g/mol. The highest BCUT2D eigenvalue weighted by atomic mass is 35.5. The molecule has 1 fully saturated rings. The molecule has 0 amide bonds. The Kier molecular flexibility index (Phi) is 5.42. The topological polar surface area (TPSA) is 57.2 Å². The molecule has 0 N–H and O–H groups in total. The van der Waals surface area contributed by atoms with Gasteiger partial charge in [0.1, 0.15) is 11.8 Å². The average molecular weight is 506 g/mol. The number of aliphatic imine (C=N–C) groups is 1. The minimum Gasteiger partial charge on any atom is -0.369 e. The lowest BCUT2D eigenvalue weighted by atomic mass is 10.1. The lowest BCUT2D eigenvalue weighted by Crippen LogP contribution is -2.14. The van der Waals surface area contributed by atoms with E-state index in [0.717, 1.165) is 6.34 Å². The Morgan fingerprint density at radius 1 is 1.09 bits per heavy atom. The first-order valence-electron chi connectivity index (χ1n) is 8.27. The summed E-state index contributed by atoms with van der Waals surface area (Å²) in [4.78, 5) is 4.85. The van der Waals surface area contributed by atoms with E-state index in [0.29, 0.717) is 16.8 Å². The number of nitrogens with zero attached hydrogens (tertiary/aromatic N) is 5. The number of benzene rings is 1. The highest BCUT2D eigenvalue weighted by Crippen LogP contribution is 2.75. The molecule has 1 aromatic heterocycles. The Labute approximate surface area is 184 Å². The van der Waals surface area contributed by atoms with Crippen molar-refractivity contribution in [2.75, 3.05) is 14.1 Å². The van der Waals surface area contributed by atoms with Crippen LogP contribution < -0.4 is 0 Å². The molecule has 0 atom stereocenters. The van der Waals surface area contributed by atoms with Crippen LogP contribution in [0.4, 0.5) is 40.9 Å². The molecule has 0 bridgehead atoms. The number of hydrogen-bond acceptors (Lipinski definition) is 3. The Hall–Kier alpha value is -2.59. The van der Waals surface area contributed by atoms with E-state index >= 15 is 0 Å². The van der Waals surface area contributed by atoms with Crippen molar-refractivity contribution in [2.45, 2.75) is 23.7 Å². The first-order valence-corrected chi connectivity index (χ1v) is 9.03. The number of halogens is 10. The van der Waals surface area contributed by atoms with E-state index in [2.05, 4.69) is 10.1 Å². The zero-order valence-electron chi connectivity index (χ0n) is 15.7. The van der Waals surface area contributed by atoms with Crippen LogP contribution in [0.2, 0.25) is 10.0 Å². The molecule has 172 valence electrons. The van der Waals surface area contributed by atoms with Gasteiger partial charge in [-0.2, -0.15) is 41.1 Å². The quantitative estimate of drug-likeness (QED) is 0.302. The number of alkyl halides is 8. The summed E-state index contributed by atoms with van der Waals surface area (Å²) in [6, 6.07) is 2.03. The van der Waals surface area contributed by atoms with Crippen molar-refractivity contribution in [1.82, 2.24) is 14.7 Å². The third-order valence-electron chi connectivity index (χ3n) is 4.48. The molecule has 0 aliphatic heterocycles. The lowest BCUT2D eigenvalue weighted by molar-refractivity contribution is -0.137. The van der Waals surface area contributed by atoms with Gasteiger partial charge >= 0.3 is 18.0 Å². The summed E-state index contributed by atoms with van der Waals surface area (Å²) in [5, 5.41) is 11.2. The van der Waals surface area contributed by atoms with Crippen molar-refractivity contribution >= 4 is 35.4 Å². The number of rotatable bonds is 4. The minimum atomic E-state index is -5.20. The summed E-state index contributed by atoms with van der Waals surface area (Å²) in [6.07, 6.45) is -3.99. The third-order valence-corrected chi connectivity index (χ3v) is 5.05. The van der Waals surface area contributed by atoms with Gasteiger partial charge in [-0.05, 0) is 12.1 Å². The molecule has 1 aromatic carbocycles. The van der Waals surface area contributed by atoms with E-state index < -0.39 is 62.1 Å². The van der Waals surface area contributed by atoms with E-state index in [4.69, 9.17) is 23.2 Å². The van der Waals surface area contributed by atoms with E-state index in [1.165, 1.54) is 25.1 Å². The molecule has 1 heterocycles. The number of hydrogen-bond donors (Lipinski definition) is 0. The first kappa shape index (κ1) is 24.1. The molecule has 2 aromatic rings. The Balaban J connectivity index is 2.38. The fraction of sp³-hybridized carbons (Fsp3) is 0.353. The van der Waals surface area contributed by atoms with Crippen LogP contribution >= 0.6 is 23.2 Å². The van der Waals surface area contributed by atoms with Gasteiger partial charge in [0.2, 0.25) is 0 Å². The summed E-state index contributed by atoms with van der Waals surface area (Å²) in [5.41, 5.74) is -9.31. The number of nitriles is 1. The molecule has 5 nitrogen and oxygen atoms in total. The van der Waals surface area contributed by atoms with E-state index in [1.807, 2.05) is 0 Å². The Morgan fingerprint density at radius 2 is 1.59 bits per heavy atom. The van der Waals surface area contributed by atoms with Crippen molar-refractivity contribution < 1.29 is 35.1 Å². The summed E-state index contributed by atoms with van der Waals surface area (Å²) in [6.45, 7) is 0. The van der Waals surface area contributed by atoms with Crippen molar-refractivity contribution in [2.24, 2.45) is 4.99 Å². The van der Waals surface area contributed by atoms with Crippen LogP contribution in [-0.4, -0.2) is 47.0 Å². The summed E-state index contributed by atoms with van der Waals surface area (Å²) in [5.74, 6) is -11.4. The smallest absolute Gasteiger partial charge is 0.369 e. The second-order valence-corrected chi connectivity index (χ2v) is 7.69. The van der Waals surface area contributed by atoms with Crippen molar-refractivity contribution in [3.63, 3.8) is 0 Å². The predicted molar refractivity (Wildman–Crippen MR) is 97.8 cm³/mol. The van der Waals surface area contributed by atoms with Crippen molar-refractivity contribution in [3.8, 4) is 11.8 Å². The molecule has 1 aliphatic rings. The molecule has 0 unspecified atom stereocenters. The van der Waals surface area contributed by atoms with Crippen LogP contribution in [0.5, 0.6) is 0 Å². The van der Waals surface area contributed by atoms with Crippen molar-refractivity contribution in [1.29, 1.82) is 5.26 Å². The zero-order chi connectivity index (χ0) is 24.4. The molecule has 1 saturated carbocycles. The van der Waals surface area contributed by atoms with Gasteiger partial charge in [-0.1, -0.05) is 23.2 Å². The maximum atomic E-state index is 15.0. The van der Waals surface area contributed by atoms with Crippen LogP contribution in [0.15, 0.2) is 17.1 Å². The Bertz CT molecular complexity index is 1130. The van der Waals surface area contributed by atoms with Crippen LogP contribution in [0.25, 0.3) is 5.69 Å². The summed E-state index contributed by atoms with van der Waals surface area (Å²) >= 11 is 11.8. The maximum Gasteiger partial charge on any atom is 0.416 e. The molecular weight excluding hydrogens is 497 g/mol. The van der Waals surface area contributed by atoms with Gasteiger partial charge in [0.25, 0.3) is 5.67 Å². The second-order valence-electron chi connectivity index (χ2n) is 6.87. The summed E-state index contributed by atoms with van der Waals surface area (Å²) < 4.78 is 109. The van der Waals surface area contributed by atoms with Gasteiger partial charge in [0.05, 0.1) is 27.5 Å². The average Bonchev–Trinajstić information content (AvgIpc) is 2.93. The maximum absolute atomic E-state index is 15.0. The fourth-order valence-corrected chi connectivity index (χ4v) is 3.53. The molecule has 0 radical (unpaired) electrons. The largest absolute Gasteiger partial charge is 0.416 e. The van der Waals surface area contributed by atoms with Gasteiger partial charge in [0, 0.05) is 14.1 Å². The van der Waals surface area contributed by atoms with E-state index in [1.54, 1.807) is 0 Å². The van der Waals surface area contributed by atoms with Crippen LogP contribution in [0.1, 0.15) is 16.8 Å². The predicted octanol–water partition coefficient (Wildman–Crippen LogP) is 5.74. The Morgan fingerprint density at radius 3 is 1.97 bits per heavy atom. The van der Waals surface area contributed by atoms with Gasteiger partial charge in [-0.25, -0.2) is 14.1 Å². The lowest BCUT2D eigenvalue weighted by Gasteiger charge is -2.14. The highest BCUT2D eigenvalue weighted by Gasteiger charge is 3.00. The van der Waals surface area contributed by atoms with Gasteiger partial charge < -0.3 is 4.90 Å². The fourth-order valence-electron chi connectivity index (χ4n) is 2.88. The van der Waals surface area contributed by atoms with Gasteiger partial charge in [0.15, 0.2) is 11.5 Å². The molecule has 15 heteroatoms. The van der Waals surface area contributed by atoms with Gasteiger partial charge in [-0.3, -0.25) is 0 Å². The van der Waals surface area contributed by atoms with Gasteiger partial charge in [-0.15, -0.1) is 0 Å². The number of aromatic nitrogens is 2. The highest BCUT2D eigenvalue weighted by molar-refractivity contribution is 6.38. The van der Waals surface area contributed by atoms with Crippen LogP contribution in [-0.2, 0) is 11.8 Å². The molecule has 32 heavy (non-hydrogen) atoms. The van der Waals surface area contributed by atoms with E-state index in [9.17, 15) is 40.4 Å². The van der Waals surface area contributed by atoms with Crippen LogP contribution in [0, 0.1) is 11.3 Å². The molecule has 0 spiro atoms. The molecule has 0 saturated heterocycles. The minimum absolute atomic E-state index is 0.366. The SMILES string of the molecule is CN(C)C=Nc1c(C2(F)C(F)(F)C2(F)F)c(C#N)nn1-c1c(Cl)cc(C(F)(F)F)cc1Cl. The third kappa shape index (κ3) is 3.19. The van der Waals surface area contributed by atoms with Crippen molar-refractivity contribution in [3.05, 3.63) is 39.0 Å². The first-order chi connectivity index (χ1) is 14.5. The second kappa shape index (κ2) is 7.21. The normalized spacial score (nSPS) is 18.6. The standard InChI is InChI=1S/C17H9Cl2F8N5/c1-31(2)6-29-13-11(14(20)16(24,25)17(14,26)27)10(5-28)30-32(13)12-8(18)3-7(4-9(12)19)15(21,22)23/h3-4,6H,1-2H3. The zero-order valence-corrected chi connectivity index (χ0v) is 17.3. The summed E-state index contributed by atoms with van der Waals surface area (Å²) in [7, 11) is 2.78. The molecular formula is C17H9Cl2F8N5.